The number of aromatic nitrogens is 2. The van der Waals surface area contributed by atoms with E-state index in [0.29, 0.717) is 38.5 Å². The van der Waals surface area contributed by atoms with Crippen LogP contribution in [0.5, 0.6) is 0 Å². The molecule has 0 radical (unpaired) electrons. The molecule has 4 rings (SSSR count). The van der Waals surface area contributed by atoms with Gasteiger partial charge < -0.3 is 14.5 Å². The third kappa shape index (κ3) is 4.36. The first-order chi connectivity index (χ1) is 14.2. The summed E-state index contributed by atoms with van der Waals surface area (Å²) >= 11 is 1.61. The average Bonchev–Trinajstić information content (AvgIpc) is 3.45. The van der Waals surface area contributed by atoms with Gasteiger partial charge in [-0.2, -0.15) is 5.10 Å². The first-order valence-corrected chi connectivity index (χ1v) is 11.0. The van der Waals surface area contributed by atoms with Crippen molar-refractivity contribution in [1.82, 2.24) is 24.9 Å². The summed E-state index contributed by atoms with van der Waals surface area (Å²) in [5.74, 6) is 0.139. The van der Waals surface area contributed by atoms with Crippen LogP contribution in [0.15, 0.2) is 23.6 Å². The number of carbonyl (C=O) groups is 2. The number of likely N-dealkylation sites (tertiary alicyclic amines) is 1. The van der Waals surface area contributed by atoms with Crippen LogP contribution in [0.25, 0.3) is 10.6 Å². The van der Waals surface area contributed by atoms with E-state index in [-0.39, 0.29) is 17.9 Å². The number of nitrogens with zero attached hydrogens (tertiary/aromatic N) is 4. The zero-order valence-corrected chi connectivity index (χ0v) is 17.5. The van der Waals surface area contributed by atoms with Crippen molar-refractivity contribution in [2.45, 2.75) is 18.9 Å². The Morgan fingerprint density at radius 2 is 2.21 bits per heavy atom. The lowest BCUT2D eigenvalue weighted by molar-refractivity contribution is -0.132. The van der Waals surface area contributed by atoms with Gasteiger partial charge in [0.25, 0.3) is 5.91 Å². The van der Waals surface area contributed by atoms with E-state index in [0.717, 1.165) is 36.5 Å². The van der Waals surface area contributed by atoms with Crippen LogP contribution < -0.4 is 0 Å². The van der Waals surface area contributed by atoms with E-state index < -0.39 is 0 Å². The summed E-state index contributed by atoms with van der Waals surface area (Å²) in [6.07, 6.45) is 1.70. The Balaban J connectivity index is 1.35. The molecular weight excluding hydrogens is 390 g/mol. The molecule has 8 nitrogen and oxygen atoms in total. The van der Waals surface area contributed by atoms with Gasteiger partial charge >= 0.3 is 0 Å². The van der Waals surface area contributed by atoms with Gasteiger partial charge in [-0.3, -0.25) is 19.6 Å². The Morgan fingerprint density at radius 3 is 3.00 bits per heavy atom. The summed E-state index contributed by atoms with van der Waals surface area (Å²) < 4.78 is 5.10. The highest BCUT2D eigenvalue weighted by molar-refractivity contribution is 7.13. The SMILES string of the molecule is COCCN1CC[C@@H](N2CCCN(C(=O)c3cc(-c4cccs4)[nH]n3)CC2)C1=O. The minimum atomic E-state index is -0.0716. The van der Waals surface area contributed by atoms with Crippen LogP contribution in [-0.2, 0) is 9.53 Å². The molecule has 2 aliphatic heterocycles. The molecule has 29 heavy (non-hydrogen) atoms. The summed E-state index contributed by atoms with van der Waals surface area (Å²) in [4.78, 5) is 32.7. The molecule has 0 spiro atoms. The van der Waals surface area contributed by atoms with E-state index in [1.807, 2.05) is 33.4 Å². The first kappa shape index (κ1) is 20.1. The standard InChI is InChI=1S/C20H27N5O3S/c1-28-12-11-25-8-5-17(20(25)27)23-6-3-7-24(10-9-23)19(26)16-14-15(21-22-16)18-4-2-13-29-18/h2,4,13-14,17H,3,5-12H2,1H3,(H,21,22)/t17-/m1/s1. The highest BCUT2D eigenvalue weighted by Gasteiger charge is 2.36. The van der Waals surface area contributed by atoms with Crippen LogP contribution in [0.1, 0.15) is 23.3 Å². The van der Waals surface area contributed by atoms with Gasteiger partial charge in [-0.15, -0.1) is 11.3 Å². The van der Waals surface area contributed by atoms with Gasteiger partial charge in [-0.25, -0.2) is 0 Å². The predicted octanol–water partition coefficient (Wildman–Crippen LogP) is 1.53. The molecule has 2 amide bonds. The van der Waals surface area contributed by atoms with Gasteiger partial charge in [0.15, 0.2) is 5.69 Å². The van der Waals surface area contributed by atoms with E-state index in [1.165, 1.54) is 0 Å². The van der Waals surface area contributed by atoms with E-state index in [4.69, 9.17) is 4.74 Å². The van der Waals surface area contributed by atoms with Gasteiger partial charge in [0.1, 0.15) is 0 Å². The zero-order valence-electron chi connectivity index (χ0n) is 16.7. The van der Waals surface area contributed by atoms with Gasteiger partial charge in [0.05, 0.1) is 23.2 Å². The number of methoxy groups -OCH3 is 1. The highest BCUT2D eigenvalue weighted by Crippen LogP contribution is 2.24. The average molecular weight is 418 g/mol. The maximum absolute atomic E-state index is 12.9. The van der Waals surface area contributed by atoms with Crippen LogP contribution >= 0.6 is 11.3 Å². The third-order valence-corrected chi connectivity index (χ3v) is 6.58. The van der Waals surface area contributed by atoms with Crippen LogP contribution in [0.3, 0.4) is 0 Å². The van der Waals surface area contributed by atoms with Crippen molar-refractivity contribution in [3.05, 3.63) is 29.3 Å². The molecular formula is C20H27N5O3S. The molecule has 1 atom stereocenters. The number of nitrogens with one attached hydrogen (secondary N) is 1. The fourth-order valence-electron chi connectivity index (χ4n) is 4.09. The molecule has 4 heterocycles. The van der Waals surface area contributed by atoms with Crippen molar-refractivity contribution in [2.75, 3.05) is 53.0 Å². The summed E-state index contributed by atoms with van der Waals surface area (Å²) in [6, 6.07) is 5.74. The van der Waals surface area contributed by atoms with Crippen LogP contribution in [0, 0.1) is 0 Å². The summed E-state index contributed by atoms with van der Waals surface area (Å²) in [7, 11) is 1.65. The molecule has 0 aromatic carbocycles. The quantitative estimate of drug-likeness (QED) is 0.771. The van der Waals surface area contributed by atoms with E-state index in [1.54, 1.807) is 18.4 Å². The first-order valence-electron chi connectivity index (χ1n) is 10.1. The molecule has 156 valence electrons. The number of carbonyl (C=O) groups excluding carboxylic acids is 2. The second kappa shape index (κ2) is 9.06. The number of hydrogen-bond donors (Lipinski definition) is 1. The van der Waals surface area contributed by atoms with Crippen LogP contribution in [0.4, 0.5) is 0 Å². The molecule has 9 heteroatoms. The normalized spacial score (nSPS) is 21.0. The fraction of sp³-hybridized carbons (Fsp3) is 0.550. The van der Waals surface area contributed by atoms with Crippen molar-refractivity contribution in [3.63, 3.8) is 0 Å². The zero-order chi connectivity index (χ0) is 20.2. The third-order valence-electron chi connectivity index (χ3n) is 5.68. The highest BCUT2D eigenvalue weighted by atomic mass is 32.1. The number of thiophene rings is 1. The fourth-order valence-corrected chi connectivity index (χ4v) is 4.78. The van der Waals surface area contributed by atoms with Gasteiger partial charge in [-0.05, 0) is 30.4 Å². The van der Waals surface area contributed by atoms with Crippen LogP contribution in [-0.4, -0.2) is 95.7 Å². The van der Waals surface area contributed by atoms with E-state index in [2.05, 4.69) is 15.1 Å². The van der Waals surface area contributed by atoms with Crippen LogP contribution in [0.2, 0.25) is 0 Å². The molecule has 2 aromatic rings. The summed E-state index contributed by atoms with van der Waals surface area (Å²) in [5, 5.41) is 9.20. The number of aromatic amines is 1. The molecule has 0 aliphatic carbocycles. The molecule has 0 bridgehead atoms. The Hall–Kier alpha value is -2.23. The number of ether oxygens (including phenoxy) is 1. The number of amides is 2. The molecule has 2 saturated heterocycles. The van der Waals surface area contributed by atoms with Crippen molar-refractivity contribution < 1.29 is 14.3 Å². The van der Waals surface area contributed by atoms with Crippen molar-refractivity contribution in [3.8, 4) is 10.6 Å². The Kier molecular flexibility index (Phi) is 6.27. The number of H-pyrrole nitrogens is 1. The maximum atomic E-state index is 12.9. The number of hydrogen-bond acceptors (Lipinski definition) is 6. The Bertz CT molecular complexity index is 837. The molecule has 0 unspecified atom stereocenters. The van der Waals surface area contributed by atoms with Gasteiger partial charge in [0, 0.05) is 46.4 Å². The van der Waals surface area contributed by atoms with E-state index in [9.17, 15) is 9.59 Å². The lowest BCUT2D eigenvalue weighted by atomic mass is 10.2. The Morgan fingerprint density at radius 1 is 1.31 bits per heavy atom. The smallest absolute Gasteiger partial charge is 0.274 e. The molecule has 0 saturated carbocycles. The Labute approximate surface area is 174 Å². The monoisotopic (exact) mass is 417 g/mol. The summed E-state index contributed by atoms with van der Waals surface area (Å²) in [5.41, 5.74) is 1.32. The van der Waals surface area contributed by atoms with Gasteiger partial charge in [-0.1, -0.05) is 6.07 Å². The largest absolute Gasteiger partial charge is 0.383 e. The number of rotatable bonds is 6. The lowest BCUT2D eigenvalue weighted by Crippen LogP contribution is -2.44. The van der Waals surface area contributed by atoms with Crippen molar-refractivity contribution in [2.24, 2.45) is 0 Å². The molecule has 2 aliphatic rings. The van der Waals surface area contributed by atoms with Crippen molar-refractivity contribution >= 4 is 23.2 Å². The van der Waals surface area contributed by atoms with Gasteiger partial charge in [0.2, 0.25) is 5.91 Å². The predicted molar refractivity (Wildman–Crippen MR) is 111 cm³/mol. The minimum absolute atomic E-state index is 0.0506. The van der Waals surface area contributed by atoms with E-state index >= 15 is 0 Å². The van der Waals surface area contributed by atoms with Crippen molar-refractivity contribution in [1.29, 1.82) is 0 Å². The molecule has 2 fully saturated rings. The molecule has 2 aromatic heterocycles. The molecule has 1 N–H and O–H groups in total. The minimum Gasteiger partial charge on any atom is -0.383 e. The lowest BCUT2D eigenvalue weighted by Gasteiger charge is -2.26. The summed E-state index contributed by atoms with van der Waals surface area (Å²) in [6.45, 7) is 4.84. The second-order valence-electron chi connectivity index (χ2n) is 7.45. The second-order valence-corrected chi connectivity index (χ2v) is 8.40. The maximum Gasteiger partial charge on any atom is 0.274 e. The topological polar surface area (TPSA) is 81.8 Å².